The molecule has 0 bridgehead atoms. The molecule has 0 amide bonds. The van der Waals surface area contributed by atoms with Crippen LogP contribution in [0.1, 0.15) is 21.6 Å². The van der Waals surface area contributed by atoms with Crippen LogP contribution in [0, 0.1) is 0 Å². The molecule has 2 nitrogen and oxygen atoms in total. The topological polar surface area (TPSA) is 30.0 Å². The predicted molar refractivity (Wildman–Crippen MR) is 71.2 cm³/mol. The lowest BCUT2D eigenvalue weighted by molar-refractivity contribution is -0.107. The first-order chi connectivity index (χ1) is 8.29. The highest BCUT2D eigenvalue weighted by Gasteiger charge is 2.07. The number of aromatic nitrogens is 1. The number of carbonyl (C=O) groups is 1. The van der Waals surface area contributed by atoms with Crippen molar-refractivity contribution in [1.29, 1.82) is 0 Å². The highest BCUT2D eigenvalue weighted by atomic mass is 79.9. The third-order valence-electron chi connectivity index (χ3n) is 2.50. The fourth-order valence-corrected chi connectivity index (χ4v) is 1.91. The van der Waals surface area contributed by atoms with Crippen molar-refractivity contribution in [1.82, 2.24) is 4.98 Å². The van der Waals surface area contributed by atoms with Crippen molar-refractivity contribution >= 4 is 22.2 Å². The summed E-state index contributed by atoms with van der Waals surface area (Å²) in [5.74, 6) is 0. The fourth-order valence-electron chi connectivity index (χ4n) is 1.66. The lowest BCUT2D eigenvalue weighted by Gasteiger charge is -2.05. The molecule has 86 valence electrons. The fraction of sp³-hybridized carbons (Fsp3) is 0.143. The van der Waals surface area contributed by atoms with Crippen LogP contribution in [0.3, 0.4) is 0 Å². The zero-order valence-electron chi connectivity index (χ0n) is 9.21. The highest BCUT2D eigenvalue weighted by Crippen LogP contribution is 2.19. The summed E-state index contributed by atoms with van der Waals surface area (Å²) in [6.07, 6.45) is 3.44. The molecule has 0 aliphatic heterocycles. The number of carbonyl (C=O) groups excluding carboxylic acids is 1. The van der Waals surface area contributed by atoms with Crippen molar-refractivity contribution in [3.63, 3.8) is 0 Å². The first kappa shape index (κ1) is 12.0. The van der Waals surface area contributed by atoms with Crippen LogP contribution in [0.5, 0.6) is 0 Å². The second kappa shape index (κ2) is 5.73. The van der Waals surface area contributed by atoms with Gasteiger partial charge in [0, 0.05) is 6.20 Å². The van der Waals surface area contributed by atoms with Crippen molar-refractivity contribution in [3.8, 4) is 0 Å². The van der Waals surface area contributed by atoms with Gasteiger partial charge in [0.25, 0.3) is 0 Å². The number of hydrogen-bond donors (Lipinski definition) is 0. The van der Waals surface area contributed by atoms with E-state index in [0.29, 0.717) is 0 Å². The van der Waals surface area contributed by atoms with Gasteiger partial charge in [-0.05, 0) is 29.7 Å². The van der Waals surface area contributed by atoms with Crippen molar-refractivity contribution in [2.45, 2.75) is 11.2 Å². The van der Waals surface area contributed by atoms with E-state index in [-0.39, 0.29) is 4.83 Å². The number of benzene rings is 1. The Hall–Kier alpha value is -1.48. The lowest BCUT2D eigenvalue weighted by atomic mass is 10.1. The van der Waals surface area contributed by atoms with E-state index >= 15 is 0 Å². The molecule has 0 N–H and O–H groups in total. The van der Waals surface area contributed by atoms with E-state index in [9.17, 15) is 4.79 Å². The average molecular weight is 290 g/mol. The van der Waals surface area contributed by atoms with Gasteiger partial charge in [-0.15, -0.1) is 0 Å². The monoisotopic (exact) mass is 289 g/mol. The van der Waals surface area contributed by atoms with Crippen LogP contribution in [0.15, 0.2) is 48.7 Å². The molecule has 0 saturated carbocycles. The van der Waals surface area contributed by atoms with Gasteiger partial charge in [0.1, 0.15) is 11.1 Å². The smallest absolute Gasteiger partial charge is 0.139 e. The summed E-state index contributed by atoms with van der Waals surface area (Å²) in [6, 6.07) is 14.2. The molecule has 2 aromatic rings. The minimum absolute atomic E-state index is 0.321. The summed E-state index contributed by atoms with van der Waals surface area (Å²) in [6.45, 7) is 0. The second-order valence-electron chi connectivity index (χ2n) is 3.79. The Kier molecular flexibility index (Phi) is 4.04. The van der Waals surface area contributed by atoms with Crippen molar-refractivity contribution in [2.75, 3.05) is 0 Å². The number of nitrogens with zero attached hydrogens (tertiary/aromatic N) is 1. The van der Waals surface area contributed by atoms with Crippen LogP contribution in [0.4, 0.5) is 0 Å². The Morgan fingerprint density at radius 1 is 1.18 bits per heavy atom. The van der Waals surface area contributed by atoms with Gasteiger partial charge in [0.15, 0.2) is 0 Å². The third kappa shape index (κ3) is 3.24. The first-order valence-corrected chi connectivity index (χ1v) is 6.29. The molecule has 0 radical (unpaired) electrons. The molecule has 0 saturated heterocycles. The summed E-state index contributed by atoms with van der Waals surface area (Å²) in [4.78, 5) is 14.5. The number of alkyl halides is 1. The maximum absolute atomic E-state index is 10.7. The normalized spacial score (nSPS) is 12.1. The van der Waals surface area contributed by atoms with Crippen LogP contribution >= 0.6 is 15.9 Å². The van der Waals surface area contributed by atoms with Gasteiger partial charge in [-0.3, -0.25) is 4.98 Å². The predicted octanol–water partition coefficient (Wildman–Crippen LogP) is 3.31. The quantitative estimate of drug-likeness (QED) is 0.638. The van der Waals surface area contributed by atoms with E-state index in [1.54, 1.807) is 6.20 Å². The number of hydrogen-bond acceptors (Lipinski definition) is 2. The molecule has 0 aliphatic carbocycles. The SMILES string of the molecule is O=CC(Br)c1cc(Cc2ccccc2)ccn1. The number of halogens is 1. The van der Waals surface area contributed by atoms with Gasteiger partial charge >= 0.3 is 0 Å². The van der Waals surface area contributed by atoms with E-state index in [2.05, 4.69) is 33.0 Å². The third-order valence-corrected chi connectivity index (χ3v) is 3.18. The molecule has 1 heterocycles. The largest absolute Gasteiger partial charge is 0.302 e. The van der Waals surface area contributed by atoms with Gasteiger partial charge in [0.05, 0.1) is 5.69 Å². The molecule has 0 fully saturated rings. The highest BCUT2D eigenvalue weighted by molar-refractivity contribution is 9.09. The minimum atomic E-state index is -0.321. The van der Waals surface area contributed by atoms with Crippen molar-refractivity contribution in [3.05, 3.63) is 65.5 Å². The molecule has 1 atom stereocenters. The van der Waals surface area contributed by atoms with Crippen molar-refractivity contribution in [2.24, 2.45) is 0 Å². The molecule has 3 heteroatoms. The van der Waals surface area contributed by atoms with Crippen LogP contribution in [0.25, 0.3) is 0 Å². The van der Waals surface area contributed by atoms with Crippen LogP contribution in [-0.2, 0) is 11.2 Å². The van der Waals surface area contributed by atoms with Crippen LogP contribution in [0.2, 0.25) is 0 Å². The Morgan fingerprint density at radius 2 is 1.94 bits per heavy atom. The minimum Gasteiger partial charge on any atom is -0.302 e. The molecule has 1 aromatic heterocycles. The molecule has 2 rings (SSSR count). The number of rotatable bonds is 4. The summed E-state index contributed by atoms with van der Waals surface area (Å²) < 4.78 is 0. The van der Waals surface area contributed by atoms with Gasteiger partial charge < -0.3 is 4.79 Å². The summed E-state index contributed by atoms with van der Waals surface area (Å²) in [7, 11) is 0. The Balaban J connectivity index is 2.19. The van der Waals surface area contributed by atoms with Crippen molar-refractivity contribution < 1.29 is 4.79 Å². The average Bonchev–Trinajstić information content (AvgIpc) is 2.39. The maximum Gasteiger partial charge on any atom is 0.139 e. The molecule has 1 aromatic carbocycles. The molecule has 1 unspecified atom stereocenters. The van der Waals surface area contributed by atoms with Gasteiger partial charge in [0.2, 0.25) is 0 Å². The Labute approximate surface area is 109 Å². The molecule has 0 aliphatic rings. The van der Waals surface area contributed by atoms with Crippen LogP contribution in [-0.4, -0.2) is 11.3 Å². The molecule has 17 heavy (non-hydrogen) atoms. The van der Waals surface area contributed by atoms with Gasteiger partial charge in [-0.2, -0.15) is 0 Å². The van der Waals surface area contributed by atoms with E-state index in [1.165, 1.54) is 5.56 Å². The van der Waals surface area contributed by atoms with E-state index in [4.69, 9.17) is 0 Å². The Bertz CT molecular complexity index is 499. The van der Waals surface area contributed by atoms with Gasteiger partial charge in [-0.25, -0.2) is 0 Å². The standard InChI is InChI=1S/C14H12BrNO/c15-13(10-17)14-9-12(6-7-16-14)8-11-4-2-1-3-5-11/h1-7,9-10,13H,8H2. The number of pyridine rings is 1. The zero-order valence-corrected chi connectivity index (χ0v) is 10.8. The van der Waals surface area contributed by atoms with Gasteiger partial charge in [-0.1, -0.05) is 46.3 Å². The molecule has 0 spiro atoms. The van der Waals surface area contributed by atoms with E-state index in [1.807, 2.05) is 30.3 Å². The zero-order chi connectivity index (χ0) is 12.1. The Morgan fingerprint density at radius 3 is 2.65 bits per heavy atom. The lowest BCUT2D eigenvalue weighted by Crippen LogP contribution is -1.97. The van der Waals surface area contributed by atoms with E-state index < -0.39 is 0 Å². The molecular formula is C14H12BrNO. The second-order valence-corrected chi connectivity index (χ2v) is 4.78. The summed E-state index contributed by atoms with van der Waals surface area (Å²) in [5, 5.41) is 0. The molecular weight excluding hydrogens is 278 g/mol. The maximum atomic E-state index is 10.7. The number of aldehydes is 1. The summed E-state index contributed by atoms with van der Waals surface area (Å²) in [5.41, 5.74) is 3.17. The van der Waals surface area contributed by atoms with Crippen LogP contribution < -0.4 is 0 Å². The van der Waals surface area contributed by atoms with E-state index in [0.717, 1.165) is 24.0 Å². The first-order valence-electron chi connectivity index (χ1n) is 5.37. The summed E-state index contributed by atoms with van der Waals surface area (Å²) >= 11 is 3.27.